The van der Waals surface area contributed by atoms with E-state index >= 15 is 0 Å². The monoisotopic (exact) mass is 240 g/mol. The number of fused-ring (bicyclic) bond motifs is 1. The highest BCUT2D eigenvalue weighted by molar-refractivity contribution is 5.72. The molecule has 2 rings (SSSR count). The molecule has 98 valence electrons. The Labute approximate surface area is 104 Å². The van der Waals surface area contributed by atoms with Crippen molar-refractivity contribution in [1.29, 1.82) is 0 Å². The number of esters is 1. The lowest BCUT2D eigenvalue weighted by Crippen LogP contribution is -2.42. The van der Waals surface area contributed by atoms with Crippen LogP contribution in [0, 0.1) is 11.8 Å². The van der Waals surface area contributed by atoms with E-state index in [0.717, 1.165) is 25.6 Å². The van der Waals surface area contributed by atoms with Gasteiger partial charge in [0, 0.05) is 25.2 Å². The SMILES string of the molecule is COC(=O)C(C)C(C)N1C[C@@H]2CCCN[C@@H]2C1. The second-order valence-electron chi connectivity index (χ2n) is 5.47. The number of piperidine rings is 1. The molecule has 4 atom stereocenters. The summed E-state index contributed by atoms with van der Waals surface area (Å²) in [5.41, 5.74) is 0. The maximum atomic E-state index is 11.6. The van der Waals surface area contributed by atoms with Crippen LogP contribution in [0.15, 0.2) is 0 Å². The van der Waals surface area contributed by atoms with Gasteiger partial charge in [-0.05, 0) is 32.2 Å². The predicted molar refractivity (Wildman–Crippen MR) is 66.7 cm³/mol. The maximum Gasteiger partial charge on any atom is 0.309 e. The van der Waals surface area contributed by atoms with Gasteiger partial charge in [0.2, 0.25) is 0 Å². The standard InChI is InChI=1S/C13H24N2O2/c1-9(13(16)17-3)10(2)15-7-11-5-4-6-14-12(11)8-15/h9-12,14H,4-8H2,1-3H3/t9?,10?,11-,12+/m0/s1. The van der Waals surface area contributed by atoms with Gasteiger partial charge in [-0.15, -0.1) is 0 Å². The lowest BCUT2D eigenvalue weighted by Gasteiger charge is -2.28. The van der Waals surface area contributed by atoms with E-state index in [2.05, 4.69) is 17.1 Å². The number of ether oxygens (including phenoxy) is 1. The molecule has 2 saturated heterocycles. The quantitative estimate of drug-likeness (QED) is 0.743. The Balaban J connectivity index is 1.92. The van der Waals surface area contributed by atoms with Crippen LogP contribution in [0.2, 0.25) is 0 Å². The summed E-state index contributed by atoms with van der Waals surface area (Å²) in [4.78, 5) is 14.0. The van der Waals surface area contributed by atoms with Gasteiger partial charge in [-0.1, -0.05) is 6.92 Å². The second kappa shape index (κ2) is 5.36. The number of nitrogens with one attached hydrogen (secondary N) is 1. The zero-order valence-corrected chi connectivity index (χ0v) is 11.1. The first kappa shape index (κ1) is 12.8. The summed E-state index contributed by atoms with van der Waals surface area (Å²) in [6, 6.07) is 0.908. The van der Waals surface area contributed by atoms with E-state index in [-0.39, 0.29) is 17.9 Å². The summed E-state index contributed by atoms with van der Waals surface area (Å²) in [6.45, 7) is 7.45. The fourth-order valence-electron chi connectivity index (χ4n) is 3.11. The molecular weight excluding hydrogens is 216 g/mol. The summed E-state index contributed by atoms with van der Waals surface area (Å²) in [5, 5.41) is 3.59. The van der Waals surface area contributed by atoms with Crippen molar-refractivity contribution in [3.05, 3.63) is 0 Å². The summed E-state index contributed by atoms with van der Waals surface area (Å²) in [5.74, 6) is 0.636. The van der Waals surface area contributed by atoms with Crippen molar-refractivity contribution in [2.45, 2.75) is 38.8 Å². The van der Waals surface area contributed by atoms with E-state index < -0.39 is 0 Å². The van der Waals surface area contributed by atoms with Crippen LogP contribution < -0.4 is 5.32 Å². The van der Waals surface area contributed by atoms with Gasteiger partial charge in [-0.2, -0.15) is 0 Å². The molecule has 4 nitrogen and oxygen atoms in total. The molecule has 0 amide bonds. The first-order chi connectivity index (χ1) is 8.13. The number of nitrogens with zero attached hydrogens (tertiary/aromatic N) is 1. The molecular formula is C13H24N2O2. The lowest BCUT2D eigenvalue weighted by molar-refractivity contribution is -0.146. The van der Waals surface area contributed by atoms with Gasteiger partial charge in [-0.3, -0.25) is 9.69 Å². The molecule has 2 heterocycles. The highest BCUT2D eigenvalue weighted by Gasteiger charge is 2.38. The molecule has 0 aliphatic carbocycles. The van der Waals surface area contributed by atoms with Crippen molar-refractivity contribution in [2.75, 3.05) is 26.7 Å². The van der Waals surface area contributed by atoms with Gasteiger partial charge in [-0.25, -0.2) is 0 Å². The minimum absolute atomic E-state index is 0.0415. The minimum Gasteiger partial charge on any atom is -0.469 e. The van der Waals surface area contributed by atoms with E-state index in [1.165, 1.54) is 20.0 Å². The Kier molecular flexibility index (Phi) is 4.05. The Morgan fingerprint density at radius 1 is 1.41 bits per heavy atom. The third-order valence-corrected chi connectivity index (χ3v) is 4.50. The van der Waals surface area contributed by atoms with Gasteiger partial charge in [0.05, 0.1) is 13.0 Å². The van der Waals surface area contributed by atoms with Crippen LogP contribution in [-0.4, -0.2) is 49.7 Å². The normalized spacial score (nSPS) is 32.9. The molecule has 0 saturated carbocycles. The van der Waals surface area contributed by atoms with Crippen LogP contribution in [0.4, 0.5) is 0 Å². The zero-order chi connectivity index (χ0) is 12.4. The van der Waals surface area contributed by atoms with E-state index in [1.807, 2.05) is 6.92 Å². The highest BCUT2D eigenvalue weighted by atomic mass is 16.5. The van der Waals surface area contributed by atoms with Crippen LogP contribution in [0.5, 0.6) is 0 Å². The fraction of sp³-hybridized carbons (Fsp3) is 0.923. The Bertz CT molecular complexity index is 269. The molecule has 4 heteroatoms. The summed E-state index contributed by atoms with van der Waals surface area (Å²) in [7, 11) is 1.47. The molecule has 1 N–H and O–H groups in total. The van der Waals surface area contributed by atoms with Crippen molar-refractivity contribution in [1.82, 2.24) is 10.2 Å². The van der Waals surface area contributed by atoms with E-state index in [1.54, 1.807) is 0 Å². The first-order valence-corrected chi connectivity index (χ1v) is 6.68. The number of carbonyl (C=O) groups excluding carboxylic acids is 1. The third kappa shape index (κ3) is 2.63. The van der Waals surface area contributed by atoms with Gasteiger partial charge >= 0.3 is 5.97 Å². The number of likely N-dealkylation sites (tertiary alicyclic amines) is 1. The van der Waals surface area contributed by atoms with Crippen molar-refractivity contribution in [2.24, 2.45) is 11.8 Å². The van der Waals surface area contributed by atoms with Gasteiger partial charge in [0.15, 0.2) is 0 Å². The van der Waals surface area contributed by atoms with Crippen molar-refractivity contribution in [3.63, 3.8) is 0 Å². The topological polar surface area (TPSA) is 41.6 Å². The first-order valence-electron chi connectivity index (χ1n) is 6.68. The third-order valence-electron chi connectivity index (χ3n) is 4.50. The number of carbonyl (C=O) groups is 1. The molecule has 0 aromatic heterocycles. The number of methoxy groups -OCH3 is 1. The zero-order valence-electron chi connectivity index (χ0n) is 11.1. The minimum atomic E-state index is -0.0969. The van der Waals surface area contributed by atoms with Gasteiger partial charge in [0.25, 0.3) is 0 Å². The summed E-state index contributed by atoms with van der Waals surface area (Å²) >= 11 is 0. The molecule has 0 aromatic carbocycles. The van der Waals surface area contributed by atoms with E-state index in [9.17, 15) is 4.79 Å². The predicted octanol–water partition coefficient (Wildman–Crippen LogP) is 0.868. The molecule has 2 aliphatic heterocycles. The molecule has 2 fully saturated rings. The average molecular weight is 240 g/mol. The smallest absolute Gasteiger partial charge is 0.309 e. The number of hydrogen-bond acceptors (Lipinski definition) is 4. The van der Waals surface area contributed by atoms with Crippen LogP contribution in [0.1, 0.15) is 26.7 Å². The Morgan fingerprint density at radius 3 is 2.82 bits per heavy atom. The summed E-state index contributed by atoms with van der Waals surface area (Å²) in [6.07, 6.45) is 2.61. The molecule has 0 spiro atoms. The lowest BCUT2D eigenvalue weighted by atomic mass is 9.94. The Morgan fingerprint density at radius 2 is 2.18 bits per heavy atom. The largest absolute Gasteiger partial charge is 0.469 e. The van der Waals surface area contributed by atoms with Crippen LogP contribution in [0.3, 0.4) is 0 Å². The Hall–Kier alpha value is -0.610. The second-order valence-corrected chi connectivity index (χ2v) is 5.47. The molecule has 2 aliphatic rings. The van der Waals surface area contributed by atoms with Crippen molar-refractivity contribution in [3.8, 4) is 0 Å². The summed E-state index contributed by atoms with van der Waals surface area (Å²) < 4.78 is 4.83. The van der Waals surface area contributed by atoms with Crippen molar-refractivity contribution < 1.29 is 9.53 Å². The van der Waals surface area contributed by atoms with Crippen LogP contribution in [-0.2, 0) is 9.53 Å². The molecule has 0 radical (unpaired) electrons. The van der Waals surface area contributed by atoms with Crippen LogP contribution in [0.25, 0.3) is 0 Å². The highest BCUT2D eigenvalue weighted by Crippen LogP contribution is 2.28. The number of hydrogen-bond donors (Lipinski definition) is 1. The van der Waals surface area contributed by atoms with Gasteiger partial charge in [0.1, 0.15) is 0 Å². The molecule has 2 unspecified atom stereocenters. The van der Waals surface area contributed by atoms with E-state index in [0.29, 0.717) is 6.04 Å². The van der Waals surface area contributed by atoms with Gasteiger partial charge < -0.3 is 10.1 Å². The fourth-order valence-corrected chi connectivity index (χ4v) is 3.11. The average Bonchev–Trinajstić information content (AvgIpc) is 2.79. The van der Waals surface area contributed by atoms with Crippen molar-refractivity contribution >= 4 is 5.97 Å². The molecule has 17 heavy (non-hydrogen) atoms. The van der Waals surface area contributed by atoms with E-state index in [4.69, 9.17) is 4.74 Å². The molecule has 0 bridgehead atoms. The van der Waals surface area contributed by atoms with Crippen LogP contribution >= 0.6 is 0 Å². The maximum absolute atomic E-state index is 11.6. The molecule has 0 aromatic rings. The number of rotatable bonds is 3.